The third-order valence-electron chi connectivity index (χ3n) is 3.94. The Balaban J connectivity index is 1.74. The summed E-state index contributed by atoms with van der Waals surface area (Å²) in [5.74, 6) is 0.912. The lowest BCUT2D eigenvalue weighted by atomic mass is 9.92. The van der Waals surface area contributed by atoms with Gasteiger partial charge in [0.1, 0.15) is 0 Å². The van der Waals surface area contributed by atoms with Crippen LogP contribution < -0.4 is 10.2 Å². The zero-order valence-electron chi connectivity index (χ0n) is 9.82. The number of pyridine rings is 1. The van der Waals surface area contributed by atoms with E-state index < -0.39 is 0 Å². The Morgan fingerprint density at radius 1 is 1.38 bits per heavy atom. The van der Waals surface area contributed by atoms with Crippen LogP contribution in [0.5, 0.6) is 0 Å². The normalized spacial score (nSPS) is 29.2. The molecule has 0 spiro atoms. The molecule has 2 fully saturated rings. The van der Waals surface area contributed by atoms with Crippen LogP contribution in [0.15, 0.2) is 18.3 Å². The zero-order valence-corrected chi connectivity index (χ0v) is 9.82. The van der Waals surface area contributed by atoms with Gasteiger partial charge in [0.15, 0.2) is 0 Å². The standard InChI is InChI=1S/C13H19N3/c1-10-2-3-12(8-15-10)16-7-5-11-4-6-14-13(11)9-16/h2-3,8,11,13-14H,4-7,9H2,1H3/t11-,13+/m1/s1. The first-order valence-corrected chi connectivity index (χ1v) is 6.24. The van der Waals surface area contributed by atoms with Crippen LogP contribution in [0.1, 0.15) is 18.5 Å². The van der Waals surface area contributed by atoms with Gasteiger partial charge in [-0.25, -0.2) is 0 Å². The van der Waals surface area contributed by atoms with Gasteiger partial charge in [-0.2, -0.15) is 0 Å². The van der Waals surface area contributed by atoms with Crippen LogP contribution in [0.25, 0.3) is 0 Å². The Morgan fingerprint density at radius 2 is 2.31 bits per heavy atom. The van der Waals surface area contributed by atoms with E-state index in [1.807, 2.05) is 13.1 Å². The fourth-order valence-electron chi connectivity index (χ4n) is 2.91. The van der Waals surface area contributed by atoms with Crippen molar-refractivity contribution in [2.45, 2.75) is 25.8 Å². The quantitative estimate of drug-likeness (QED) is 0.774. The summed E-state index contributed by atoms with van der Waals surface area (Å²) in [6.07, 6.45) is 4.70. The molecule has 2 saturated heterocycles. The number of aromatic nitrogens is 1. The van der Waals surface area contributed by atoms with Crippen molar-refractivity contribution in [2.75, 3.05) is 24.5 Å². The van der Waals surface area contributed by atoms with E-state index in [1.54, 1.807) is 0 Å². The number of rotatable bonds is 1. The first-order valence-electron chi connectivity index (χ1n) is 6.24. The molecule has 3 rings (SSSR count). The molecular weight excluding hydrogens is 198 g/mol. The smallest absolute Gasteiger partial charge is 0.0553 e. The molecular formula is C13H19N3. The van der Waals surface area contributed by atoms with Crippen molar-refractivity contribution in [3.8, 4) is 0 Å². The highest BCUT2D eigenvalue weighted by molar-refractivity contribution is 5.45. The highest BCUT2D eigenvalue weighted by atomic mass is 15.2. The summed E-state index contributed by atoms with van der Waals surface area (Å²) in [6, 6.07) is 5.00. The molecule has 3 heterocycles. The van der Waals surface area contributed by atoms with E-state index in [-0.39, 0.29) is 0 Å². The van der Waals surface area contributed by atoms with Crippen LogP contribution in [0.4, 0.5) is 5.69 Å². The lowest BCUT2D eigenvalue weighted by Crippen LogP contribution is -2.46. The summed E-state index contributed by atoms with van der Waals surface area (Å²) in [6.45, 7) is 5.58. The molecule has 0 bridgehead atoms. The van der Waals surface area contributed by atoms with Gasteiger partial charge in [0.25, 0.3) is 0 Å². The Hall–Kier alpha value is -1.09. The molecule has 2 atom stereocenters. The Morgan fingerprint density at radius 3 is 3.12 bits per heavy atom. The molecule has 1 aromatic rings. The molecule has 1 N–H and O–H groups in total. The maximum Gasteiger partial charge on any atom is 0.0553 e. The van der Waals surface area contributed by atoms with Crippen LogP contribution >= 0.6 is 0 Å². The second kappa shape index (κ2) is 4.06. The van der Waals surface area contributed by atoms with Crippen molar-refractivity contribution in [2.24, 2.45) is 5.92 Å². The minimum Gasteiger partial charge on any atom is -0.369 e. The van der Waals surface area contributed by atoms with E-state index in [0.29, 0.717) is 6.04 Å². The number of aryl methyl sites for hydroxylation is 1. The first kappa shape index (κ1) is 10.1. The SMILES string of the molecule is Cc1ccc(N2CC[C@H]3CCN[C@H]3C2)cn1. The van der Waals surface area contributed by atoms with Crippen molar-refractivity contribution in [1.82, 2.24) is 10.3 Å². The van der Waals surface area contributed by atoms with Crippen LogP contribution in [0.2, 0.25) is 0 Å². The van der Waals surface area contributed by atoms with E-state index in [4.69, 9.17) is 0 Å². The maximum absolute atomic E-state index is 4.38. The Bertz CT molecular complexity index is 360. The highest BCUT2D eigenvalue weighted by Gasteiger charge is 2.32. The molecule has 0 unspecified atom stereocenters. The second-order valence-electron chi connectivity index (χ2n) is 5.00. The summed E-state index contributed by atoms with van der Waals surface area (Å²) >= 11 is 0. The third kappa shape index (κ3) is 1.80. The fourth-order valence-corrected chi connectivity index (χ4v) is 2.91. The van der Waals surface area contributed by atoms with E-state index in [0.717, 1.165) is 18.2 Å². The van der Waals surface area contributed by atoms with Crippen LogP contribution in [0, 0.1) is 12.8 Å². The van der Waals surface area contributed by atoms with Crippen molar-refractivity contribution >= 4 is 5.69 Å². The lowest BCUT2D eigenvalue weighted by Gasteiger charge is -2.36. The molecule has 0 aromatic carbocycles. The number of fused-ring (bicyclic) bond motifs is 1. The van der Waals surface area contributed by atoms with E-state index in [2.05, 4.69) is 27.3 Å². The molecule has 0 saturated carbocycles. The third-order valence-corrected chi connectivity index (χ3v) is 3.94. The van der Waals surface area contributed by atoms with Crippen LogP contribution in [0.3, 0.4) is 0 Å². The average molecular weight is 217 g/mol. The highest BCUT2D eigenvalue weighted by Crippen LogP contribution is 2.27. The second-order valence-corrected chi connectivity index (χ2v) is 5.00. The summed E-state index contributed by atoms with van der Waals surface area (Å²) in [7, 11) is 0. The minimum atomic E-state index is 0.704. The summed E-state index contributed by atoms with van der Waals surface area (Å²) in [4.78, 5) is 6.84. The van der Waals surface area contributed by atoms with Gasteiger partial charge >= 0.3 is 0 Å². The van der Waals surface area contributed by atoms with Gasteiger partial charge in [-0.1, -0.05) is 0 Å². The van der Waals surface area contributed by atoms with Crippen LogP contribution in [-0.2, 0) is 0 Å². The predicted octanol–water partition coefficient (Wildman–Crippen LogP) is 1.58. The van der Waals surface area contributed by atoms with Gasteiger partial charge < -0.3 is 10.2 Å². The molecule has 1 aromatic heterocycles. The zero-order chi connectivity index (χ0) is 11.0. The molecule has 3 heteroatoms. The van der Waals surface area contributed by atoms with E-state index in [1.165, 1.54) is 31.6 Å². The number of nitrogens with one attached hydrogen (secondary N) is 1. The van der Waals surface area contributed by atoms with Gasteiger partial charge in [-0.05, 0) is 44.4 Å². The van der Waals surface area contributed by atoms with Gasteiger partial charge in [0.2, 0.25) is 0 Å². The van der Waals surface area contributed by atoms with E-state index in [9.17, 15) is 0 Å². The monoisotopic (exact) mass is 217 g/mol. The molecule has 16 heavy (non-hydrogen) atoms. The van der Waals surface area contributed by atoms with Crippen molar-refractivity contribution in [3.05, 3.63) is 24.0 Å². The van der Waals surface area contributed by atoms with Gasteiger partial charge in [0, 0.05) is 24.8 Å². The molecule has 0 amide bonds. The summed E-state index contributed by atoms with van der Waals surface area (Å²) in [5.41, 5.74) is 2.37. The van der Waals surface area contributed by atoms with Crippen molar-refractivity contribution in [3.63, 3.8) is 0 Å². The van der Waals surface area contributed by atoms with Gasteiger partial charge in [0.05, 0.1) is 11.9 Å². The van der Waals surface area contributed by atoms with E-state index >= 15 is 0 Å². The summed E-state index contributed by atoms with van der Waals surface area (Å²) in [5, 5.41) is 3.61. The number of anilines is 1. The molecule has 3 nitrogen and oxygen atoms in total. The molecule has 2 aliphatic heterocycles. The number of nitrogens with zero attached hydrogens (tertiary/aromatic N) is 2. The Kier molecular flexibility index (Phi) is 2.56. The molecule has 0 aliphatic carbocycles. The number of hydrogen-bond donors (Lipinski definition) is 1. The largest absolute Gasteiger partial charge is 0.369 e. The lowest BCUT2D eigenvalue weighted by molar-refractivity contribution is 0.373. The van der Waals surface area contributed by atoms with Gasteiger partial charge in [-0.3, -0.25) is 4.98 Å². The molecule has 86 valence electrons. The van der Waals surface area contributed by atoms with Crippen LogP contribution in [-0.4, -0.2) is 30.7 Å². The number of piperidine rings is 1. The maximum atomic E-state index is 4.38. The average Bonchev–Trinajstić information content (AvgIpc) is 2.77. The fraction of sp³-hybridized carbons (Fsp3) is 0.615. The molecule has 2 aliphatic rings. The minimum absolute atomic E-state index is 0.704. The van der Waals surface area contributed by atoms with Gasteiger partial charge in [-0.15, -0.1) is 0 Å². The number of hydrogen-bond acceptors (Lipinski definition) is 3. The van der Waals surface area contributed by atoms with Crippen molar-refractivity contribution in [1.29, 1.82) is 0 Å². The first-order chi connectivity index (χ1) is 7.83. The summed E-state index contributed by atoms with van der Waals surface area (Å²) < 4.78 is 0. The Labute approximate surface area is 96.9 Å². The predicted molar refractivity (Wildman–Crippen MR) is 65.7 cm³/mol. The topological polar surface area (TPSA) is 28.2 Å². The van der Waals surface area contributed by atoms with Crippen molar-refractivity contribution < 1.29 is 0 Å². The molecule has 0 radical (unpaired) electrons.